The van der Waals surface area contributed by atoms with Gasteiger partial charge in [0.05, 0.1) is 19.1 Å². The molecule has 0 aliphatic carbocycles. The molecule has 0 aromatic heterocycles. The second-order valence-electron chi connectivity index (χ2n) is 4.99. The number of ether oxygens (including phenoxy) is 2. The van der Waals surface area contributed by atoms with Crippen molar-refractivity contribution >= 4 is 28.4 Å². The molecule has 0 bridgehead atoms. The van der Waals surface area contributed by atoms with Gasteiger partial charge in [0.2, 0.25) is 10.0 Å². The van der Waals surface area contributed by atoms with Gasteiger partial charge in [0.1, 0.15) is 11.3 Å². The molecule has 2 N–H and O–H groups in total. The van der Waals surface area contributed by atoms with E-state index in [2.05, 4.69) is 14.8 Å². The zero-order valence-corrected chi connectivity index (χ0v) is 15.1. The van der Waals surface area contributed by atoms with Gasteiger partial charge in [-0.25, -0.2) is 17.9 Å². The van der Waals surface area contributed by atoms with E-state index in [1.54, 1.807) is 0 Å². The van der Waals surface area contributed by atoms with E-state index in [4.69, 9.17) is 4.74 Å². The van der Waals surface area contributed by atoms with Crippen molar-refractivity contribution in [3.05, 3.63) is 35.4 Å². The minimum absolute atomic E-state index is 0. The maximum Gasteiger partial charge on any atom is 0.341 e. The second-order valence-corrected chi connectivity index (χ2v) is 6.76. The van der Waals surface area contributed by atoms with E-state index in [-0.39, 0.29) is 35.2 Å². The third-order valence-corrected chi connectivity index (χ3v) is 4.93. The molecule has 7 nitrogen and oxygen atoms in total. The Morgan fingerprint density at radius 3 is 2.67 bits per heavy atom. The number of nitrogens with one attached hydrogen (secondary N) is 2. The Hall–Kier alpha value is -1.61. The quantitative estimate of drug-likeness (QED) is 0.570. The Morgan fingerprint density at radius 2 is 2.08 bits per heavy atom. The molecule has 0 atom stereocenters. The van der Waals surface area contributed by atoms with Gasteiger partial charge in [-0.2, -0.15) is 0 Å². The van der Waals surface area contributed by atoms with Crippen LogP contribution in [0.3, 0.4) is 0 Å². The maximum absolute atomic E-state index is 12.4. The highest BCUT2D eigenvalue weighted by Gasteiger charge is 2.20. The van der Waals surface area contributed by atoms with Crippen molar-refractivity contribution in [3.63, 3.8) is 0 Å². The van der Waals surface area contributed by atoms with Crippen molar-refractivity contribution in [1.82, 2.24) is 10.0 Å². The van der Waals surface area contributed by atoms with Gasteiger partial charge < -0.3 is 14.8 Å². The summed E-state index contributed by atoms with van der Waals surface area (Å²) < 4.78 is 37.0. The number of sulfonamides is 1. The van der Waals surface area contributed by atoms with Crippen molar-refractivity contribution in [3.8, 4) is 5.75 Å². The average molecular weight is 377 g/mol. The molecule has 0 fully saturated rings. The summed E-state index contributed by atoms with van der Waals surface area (Å²) in [6.45, 7) is 1.86. The Balaban J connectivity index is 0.00000288. The minimum atomic E-state index is -3.68. The molecule has 0 saturated heterocycles. The van der Waals surface area contributed by atoms with Gasteiger partial charge in [-0.05, 0) is 25.1 Å². The van der Waals surface area contributed by atoms with Crippen LogP contribution < -0.4 is 14.8 Å². The molecular formula is C15H21ClN2O5S. The van der Waals surface area contributed by atoms with Crippen LogP contribution in [0, 0.1) is 0 Å². The lowest BCUT2D eigenvalue weighted by Crippen LogP contribution is -2.29. The van der Waals surface area contributed by atoms with Crippen LogP contribution in [0.25, 0.3) is 0 Å². The summed E-state index contributed by atoms with van der Waals surface area (Å²) in [5.74, 6) is -0.431. The first-order valence-electron chi connectivity index (χ1n) is 7.12. The van der Waals surface area contributed by atoms with Gasteiger partial charge in [0, 0.05) is 19.2 Å². The molecule has 0 saturated carbocycles. The SMILES string of the molecule is COC(=O)c1ccc(S(=O)(=O)NCC2=CCNCC2)cc1OC.Cl. The number of methoxy groups -OCH3 is 2. The standard InChI is InChI=1S/C15H20N2O5S.ClH/c1-21-14-9-12(3-4-13(14)15(18)22-2)23(19,20)17-10-11-5-7-16-8-6-11;/h3-5,9,16-17H,6-8,10H2,1-2H3;1H. The first-order valence-corrected chi connectivity index (χ1v) is 8.61. The van der Waals surface area contributed by atoms with Gasteiger partial charge in [0.25, 0.3) is 0 Å². The Kier molecular flexibility index (Phi) is 7.68. The van der Waals surface area contributed by atoms with Crippen molar-refractivity contribution in [2.45, 2.75) is 11.3 Å². The molecule has 9 heteroatoms. The average Bonchev–Trinajstić information content (AvgIpc) is 2.59. The molecule has 0 amide bonds. The first-order chi connectivity index (χ1) is 11.0. The predicted octanol–water partition coefficient (Wildman–Crippen LogP) is 1.10. The van der Waals surface area contributed by atoms with Crippen LogP contribution in [0.4, 0.5) is 0 Å². The summed E-state index contributed by atoms with van der Waals surface area (Å²) in [4.78, 5) is 11.6. The smallest absolute Gasteiger partial charge is 0.341 e. The van der Waals surface area contributed by atoms with Gasteiger partial charge in [0.15, 0.2) is 0 Å². The predicted molar refractivity (Wildman–Crippen MR) is 92.3 cm³/mol. The van der Waals surface area contributed by atoms with Crippen molar-refractivity contribution in [1.29, 1.82) is 0 Å². The van der Waals surface area contributed by atoms with Gasteiger partial charge in [-0.1, -0.05) is 11.6 Å². The number of benzene rings is 1. The van der Waals surface area contributed by atoms with Crippen LogP contribution in [-0.4, -0.2) is 48.2 Å². The van der Waals surface area contributed by atoms with Crippen LogP contribution in [0.2, 0.25) is 0 Å². The molecule has 0 spiro atoms. The molecule has 0 unspecified atom stereocenters. The van der Waals surface area contributed by atoms with Crippen molar-refractivity contribution < 1.29 is 22.7 Å². The molecule has 2 rings (SSSR count). The van der Waals surface area contributed by atoms with E-state index in [1.165, 1.54) is 32.4 Å². The van der Waals surface area contributed by atoms with Crippen LogP contribution in [0.15, 0.2) is 34.7 Å². The molecule has 0 radical (unpaired) electrons. The van der Waals surface area contributed by atoms with Crippen LogP contribution in [0.1, 0.15) is 16.8 Å². The topological polar surface area (TPSA) is 93.7 Å². The third-order valence-electron chi connectivity index (χ3n) is 3.54. The zero-order chi connectivity index (χ0) is 16.9. The lowest BCUT2D eigenvalue weighted by atomic mass is 10.1. The molecule has 1 aliphatic rings. The van der Waals surface area contributed by atoms with Crippen molar-refractivity contribution in [2.75, 3.05) is 33.9 Å². The number of carbonyl (C=O) groups excluding carboxylic acids is 1. The van der Waals surface area contributed by atoms with Crippen LogP contribution in [0.5, 0.6) is 5.75 Å². The largest absolute Gasteiger partial charge is 0.496 e. The number of halogens is 1. The Morgan fingerprint density at radius 1 is 1.33 bits per heavy atom. The third kappa shape index (κ3) is 4.94. The normalized spacial score (nSPS) is 14.3. The van der Waals surface area contributed by atoms with E-state index < -0.39 is 16.0 Å². The summed E-state index contributed by atoms with van der Waals surface area (Å²) >= 11 is 0. The van der Waals surface area contributed by atoms with E-state index in [0.29, 0.717) is 0 Å². The zero-order valence-electron chi connectivity index (χ0n) is 13.5. The van der Waals surface area contributed by atoms with Crippen LogP contribution >= 0.6 is 12.4 Å². The fourth-order valence-electron chi connectivity index (χ4n) is 2.22. The molecule has 24 heavy (non-hydrogen) atoms. The lowest BCUT2D eigenvalue weighted by Gasteiger charge is -2.15. The number of rotatable bonds is 6. The lowest BCUT2D eigenvalue weighted by molar-refractivity contribution is 0.0597. The monoisotopic (exact) mass is 376 g/mol. The highest BCUT2D eigenvalue weighted by atomic mass is 35.5. The summed E-state index contributed by atoms with van der Waals surface area (Å²) in [6, 6.07) is 4.04. The van der Waals surface area contributed by atoms with E-state index in [0.717, 1.165) is 25.1 Å². The summed E-state index contributed by atoms with van der Waals surface area (Å²) in [5.41, 5.74) is 1.22. The van der Waals surface area contributed by atoms with Gasteiger partial charge in [-0.15, -0.1) is 12.4 Å². The fraction of sp³-hybridized carbons (Fsp3) is 0.400. The summed E-state index contributed by atoms with van der Waals surface area (Å²) in [6.07, 6.45) is 2.79. The highest BCUT2D eigenvalue weighted by Crippen LogP contribution is 2.23. The number of hydrogen-bond acceptors (Lipinski definition) is 6. The highest BCUT2D eigenvalue weighted by molar-refractivity contribution is 7.89. The molecule has 1 aromatic rings. The molecule has 1 aliphatic heterocycles. The molecule has 134 valence electrons. The Bertz CT molecular complexity index is 719. The number of carbonyl (C=O) groups is 1. The molecule has 1 aromatic carbocycles. The molecular weight excluding hydrogens is 356 g/mol. The summed E-state index contributed by atoms with van der Waals surface area (Å²) in [7, 11) is -1.07. The second kappa shape index (κ2) is 9.03. The fourth-order valence-corrected chi connectivity index (χ4v) is 3.27. The van der Waals surface area contributed by atoms with Gasteiger partial charge in [-0.3, -0.25) is 0 Å². The molecule has 1 heterocycles. The first kappa shape index (κ1) is 20.4. The number of esters is 1. The minimum Gasteiger partial charge on any atom is -0.496 e. The summed E-state index contributed by atoms with van der Waals surface area (Å²) in [5, 5.41) is 3.17. The van der Waals surface area contributed by atoms with Crippen LogP contribution in [-0.2, 0) is 14.8 Å². The van der Waals surface area contributed by atoms with Crippen molar-refractivity contribution in [2.24, 2.45) is 0 Å². The number of hydrogen-bond donors (Lipinski definition) is 2. The maximum atomic E-state index is 12.4. The van der Waals surface area contributed by atoms with E-state index in [1.807, 2.05) is 6.08 Å². The Labute approximate surface area is 147 Å². The van der Waals surface area contributed by atoms with Gasteiger partial charge >= 0.3 is 5.97 Å². The van der Waals surface area contributed by atoms with E-state index >= 15 is 0 Å². The van der Waals surface area contributed by atoms with E-state index in [9.17, 15) is 13.2 Å².